The Kier molecular flexibility index (Phi) is 5.54. The number of H-pyrrole nitrogens is 1. The number of rotatable bonds is 7. The van der Waals surface area contributed by atoms with Gasteiger partial charge in [-0.25, -0.2) is 15.0 Å². The van der Waals surface area contributed by atoms with Gasteiger partial charge in [0, 0.05) is 11.5 Å². The number of aliphatic hydroxyl groups excluding tert-OH is 1. The van der Waals surface area contributed by atoms with E-state index in [2.05, 4.69) is 25.3 Å². The molecule has 10 heteroatoms. The van der Waals surface area contributed by atoms with Crippen molar-refractivity contribution in [3.63, 3.8) is 0 Å². The molecule has 0 aliphatic carbocycles. The summed E-state index contributed by atoms with van der Waals surface area (Å²) in [7, 11) is 3.13. The summed E-state index contributed by atoms with van der Waals surface area (Å²) in [6.45, 7) is 1.89. The predicted molar refractivity (Wildman–Crippen MR) is 116 cm³/mol. The molecule has 4 aromatic rings. The summed E-state index contributed by atoms with van der Waals surface area (Å²) in [6.07, 6.45) is 0. The minimum absolute atomic E-state index is 0.112. The summed E-state index contributed by atoms with van der Waals surface area (Å²) in [4.78, 5) is 28.6. The molecule has 0 bridgehead atoms. The van der Waals surface area contributed by atoms with E-state index in [9.17, 15) is 4.79 Å². The molecule has 0 aliphatic heterocycles. The second-order valence-corrected chi connectivity index (χ2v) is 6.65. The second-order valence-electron chi connectivity index (χ2n) is 6.65. The zero-order valence-corrected chi connectivity index (χ0v) is 17.2. The van der Waals surface area contributed by atoms with Gasteiger partial charge in [-0.3, -0.25) is 15.1 Å². The molecule has 31 heavy (non-hydrogen) atoms. The second kappa shape index (κ2) is 8.44. The summed E-state index contributed by atoms with van der Waals surface area (Å²) in [6, 6.07) is 8.52. The van der Waals surface area contributed by atoms with Gasteiger partial charge in [0.2, 0.25) is 11.9 Å². The Hall–Kier alpha value is -3.92. The first kappa shape index (κ1) is 20.4. The number of nitrogens with zero attached hydrogens (tertiary/aromatic N) is 3. The third kappa shape index (κ3) is 4.05. The smallest absolute Gasteiger partial charge is 0.260 e. The van der Waals surface area contributed by atoms with Crippen LogP contribution in [0.2, 0.25) is 0 Å². The summed E-state index contributed by atoms with van der Waals surface area (Å²) in [5.74, 6) is 2.11. The standard InChI is InChI=1S/C21H21N5O5/c1-11-13-9-17(29-2)18(30-3)10-16(13)24-20(22-11)26-21-23-15-5-4-12(31-7-6-27)8-14(15)19(28)25-21/h4-5,8-10,27H,6-7H2,1-3H3,(H2,22,23,24,25,26,28). The molecule has 0 saturated carbocycles. The van der Waals surface area contributed by atoms with Gasteiger partial charge < -0.3 is 19.3 Å². The number of aryl methyl sites for hydroxylation is 1. The van der Waals surface area contributed by atoms with Gasteiger partial charge >= 0.3 is 0 Å². The zero-order valence-electron chi connectivity index (χ0n) is 17.2. The van der Waals surface area contributed by atoms with Crippen molar-refractivity contribution in [1.29, 1.82) is 0 Å². The van der Waals surface area contributed by atoms with Gasteiger partial charge in [0.15, 0.2) is 11.5 Å². The Labute approximate surface area is 176 Å². The molecule has 0 radical (unpaired) electrons. The highest BCUT2D eigenvalue weighted by molar-refractivity contribution is 5.86. The average molecular weight is 423 g/mol. The van der Waals surface area contributed by atoms with E-state index in [0.29, 0.717) is 33.7 Å². The van der Waals surface area contributed by atoms with Crippen LogP contribution >= 0.6 is 0 Å². The summed E-state index contributed by atoms with van der Waals surface area (Å²) < 4.78 is 16.0. The number of methoxy groups -OCH3 is 2. The first-order valence-corrected chi connectivity index (χ1v) is 9.47. The molecular formula is C21H21N5O5. The van der Waals surface area contributed by atoms with E-state index < -0.39 is 0 Å². The lowest BCUT2D eigenvalue weighted by atomic mass is 10.1. The molecule has 0 aliphatic rings. The Morgan fingerprint density at radius 3 is 2.52 bits per heavy atom. The largest absolute Gasteiger partial charge is 0.493 e. The van der Waals surface area contributed by atoms with Crippen LogP contribution in [0.3, 0.4) is 0 Å². The molecule has 2 aromatic heterocycles. The van der Waals surface area contributed by atoms with Crippen molar-refractivity contribution in [1.82, 2.24) is 19.9 Å². The molecular weight excluding hydrogens is 402 g/mol. The van der Waals surface area contributed by atoms with Crippen molar-refractivity contribution in [3.05, 3.63) is 46.4 Å². The van der Waals surface area contributed by atoms with Crippen molar-refractivity contribution in [2.75, 3.05) is 32.8 Å². The monoisotopic (exact) mass is 423 g/mol. The minimum Gasteiger partial charge on any atom is -0.493 e. The molecule has 0 spiro atoms. The number of benzene rings is 2. The highest BCUT2D eigenvalue weighted by Crippen LogP contribution is 2.33. The van der Waals surface area contributed by atoms with Crippen molar-refractivity contribution in [2.24, 2.45) is 0 Å². The fourth-order valence-corrected chi connectivity index (χ4v) is 3.20. The summed E-state index contributed by atoms with van der Waals surface area (Å²) in [5, 5.41) is 13.0. The predicted octanol–water partition coefficient (Wildman–Crippen LogP) is 2.31. The van der Waals surface area contributed by atoms with Crippen LogP contribution in [0.1, 0.15) is 5.69 Å². The zero-order chi connectivity index (χ0) is 22.0. The van der Waals surface area contributed by atoms with Crippen molar-refractivity contribution < 1.29 is 19.3 Å². The fraction of sp³-hybridized carbons (Fsp3) is 0.238. The van der Waals surface area contributed by atoms with Crippen molar-refractivity contribution in [3.8, 4) is 17.2 Å². The molecule has 4 rings (SSSR count). The minimum atomic E-state index is -0.342. The van der Waals surface area contributed by atoms with Crippen LogP contribution in [0.25, 0.3) is 21.8 Å². The summed E-state index contributed by atoms with van der Waals surface area (Å²) in [5.41, 5.74) is 1.51. The number of anilines is 2. The van der Waals surface area contributed by atoms with E-state index in [0.717, 1.165) is 11.1 Å². The topological polar surface area (TPSA) is 131 Å². The number of hydrogen-bond donors (Lipinski definition) is 3. The third-order valence-corrected chi connectivity index (χ3v) is 4.66. The van der Waals surface area contributed by atoms with E-state index in [-0.39, 0.29) is 30.7 Å². The van der Waals surface area contributed by atoms with Gasteiger partial charge in [0.05, 0.1) is 42.9 Å². The van der Waals surface area contributed by atoms with Gasteiger partial charge in [-0.05, 0) is 31.2 Å². The Morgan fingerprint density at radius 1 is 1.00 bits per heavy atom. The molecule has 0 amide bonds. The van der Waals surface area contributed by atoms with Crippen LogP contribution < -0.4 is 25.1 Å². The number of nitrogens with one attached hydrogen (secondary N) is 2. The Balaban J connectivity index is 1.70. The molecule has 2 heterocycles. The number of aromatic nitrogens is 4. The lowest BCUT2D eigenvalue weighted by molar-refractivity contribution is 0.201. The van der Waals surface area contributed by atoms with Gasteiger partial charge in [-0.1, -0.05) is 0 Å². The van der Waals surface area contributed by atoms with Crippen LogP contribution in [-0.2, 0) is 0 Å². The van der Waals surface area contributed by atoms with E-state index >= 15 is 0 Å². The fourth-order valence-electron chi connectivity index (χ4n) is 3.20. The molecule has 0 fully saturated rings. The quantitative estimate of drug-likeness (QED) is 0.410. The van der Waals surface area contributed by atoms with E-state index in [4.69, 9.17) is 19.3 Å². The normalized spacial score (nSPS) is 11.0. The van der Waals surface area contributed by atoms with Gasteiger partial charge in [0.1, 0.15) is 12.4 Å². The molecule has 0 unspecified atom stereocenters. The molecule has 10 nitrogen and oxygen atoms in total. The lowest BCUT2D eigenvalue weighted by Crippen LogP contribution is -2.13. The van der Waals surface area contributed by atoms with E-state index in [1.807, 2.05) is 13.0 Å². The molecule has 3 N–H and O–H groups in total. The maximum atomic E-state index is 12.5. The summed E-state index contributed by atoms with van der Waals surface area (Å²) >= 11 is 0. The number of ether oxygens (including phenoxy) is 3. The highest BCUT2D eigenvalue weighted by Gasteiger charge is 2.12. The lowest BCUT2D eigenvalue weighted by Gasteiger charge is -2.12. The number of aliphatic hydroxyl groups is 1. The number of hydrogen-bond acceptors (Lipinski definition) is 9. The first-order valence-electron chi connectivity index (χ1n) is 9.47. The van der Waals surface area contributed by atoms with E-state index in [1.54, 1.807) is 38.5 Å². The Morgan fingerprint density at radius 2 is 1.77 bits per heavy atom. The highest BCUT2D eigenvalue weighted by atomic mass is 16.5. The average Bonchev–Trinajstić information content (AvgIpc) is 2.77. The third-order valence-electron chi connectivity index (χ3n) is 4.66. The SMILES string of the molecule is COc1cc2nc(Nc3nc4ccc(OCCO)cc4c(=O)[nH]3)nc(C)c2cc1OC. The van der Waals surface area contributed by atoms with Crippen LogP contribution in [0.5, 0.6) is 17.2 Å². The number of aromatic amines is 1. The number of fused-ring (bicyclic) bond motifs is 2. The molecule has 0 saturated heterocycles. The van der Waals surface area contributed by atoms with Crippen LogP contribution in [0.15, 0.2) is 35.1 Å². The maximum absolute atomic E-state index is 12.5. The van der Waals surface area contributed by atoms with E-state index in [1.165, 1.54) is 0 Å². The van der Waals surface area contributed by atoms with Crippen LogP contribution in [0, 0.1) is 6.92 Å². The van der Waals surface area contributed by atoms with Crippen LogP contribution in [0.4, 0.5) is 11.9 Å². The van der Waals surface area contributed by atoms with Crippen molar-refractivity contribution in [2.45, 2.75) is 6.92 Å². The Bertz CT molecular complexity index is 1320. The first-order chi connectivity index (χ1) is 15.0. The molecule has 0 atom stereocenters. The van der Waals surface area contributed by atoms with Gasteiger partial charge in [0.25, 0.3) is 5.56 Å². The van der Waals surface area contributed by atoms with Gasteiger partial charge in [-0.2, -0.15) is 0 Å². The maximum Gasteiger partial charge on any atom is 0.260 e. The van der Waals surface area contributed by atoms with Crippen LogP contribution in [-0.4, -0.2) is 52.5 Å². The van der Waals surface area contributed by atoms with Crippen molar-refractivity contribution >= 4 is 33.7 Å². The molecule has 160 valence electrons. The van der Waals surface area contributed by atoms with Gasteiger partial charge in [-0.15, -0.1) is 0 Å². The molecule has 2 aromatic carbocycles.